The zero-order chi connectivity index (χ0) is 14.0. The fraction of sp³-hybridized carbons (Fsp3) is 0.235. The molecule has 2 aromatic rings. The summed E-state index contributed by atoms with van der Waals surface area (Å²) in [5.74, 6) is 0.521. The predicted octanol–water partition coefficient (Wildman–Crippen LogP) is 2.93. The molecule has 0 N–H and O–H groups in total. The number of hydrogen-bond acceptors (Lipinski definition) is 3. The maximum Gasteiger partial charge on any atom is 0.321 e. The molecule has 3 nitrogen and oxygen atoms in total. The van der Waals surface area contributed by atoms with Crippen molar-refractivity contribution in [3.05, 3.63) is 65.7 Å². The maximum absolute atomic E-state index is 12.6. The lowest BCUT2D eigenvalue weighted by atomic mass is 9.71. The number of carbonyl (C=O) groups is 1. The quantitative estimate of drug-likeness (QED) is 0.786. The predicted molar refractivity (Wildman–Crippen MR) is 75.8 cm³/mol. The second-order valence-electron chi connectivity index (χ2n) is 4.86. The van der Waals surface area contributed by atoms with E-state index in [-0.39, 0.29) is 5.97 Å². The summed E-state index contributed by atoms with van der Waals surface area (Å²) in [6.45, 7) is 0.501. The molecule has 2 aromatic carbocycles. The Hall–Kier alpha value is -2.29. The van der Waals surface area contributed by atoms with E-state index in [1.165, 1.54) is 7.11 Å². The Morgan fingerprint density at radius 3 is 2.55 bits per heavy atom. The van der Waals surface area contributed by atoms with Gasteiger partial charge in [0.05, 0.1) is 13.7 Å². The number of hydrogen-bond donors (Lipinski definition) is 0. The van der Waals surface area contributed by atoms with Gasteiger partial charge in [0.25, 0.3) is 0 Å². The highest BCUT2D eigenvalue weighted by Gasteiger charge is 2.46. The Balaban J connectivity index is 2.26. The first-order valence-corrected chi connectivity index (χ1v) is 6.65. The van der Waals surface area contributed by atoms with Crippen LogP contribution in [0.3, 0.4) is 0 Å². The number of fused-ring (bicyclic) bond motifs is 1. The third-order valence-corrected chi connectivity index (χ3v) is 3.88. The second-order valence-corrected chi connectivity index (χ2v) is 4.86. The molecule has 102 valence electrons. The van der Waals surface area contributed by atoms with Gasteiger partial charge in [-0.1, -0.05) is 48.5 Å². The van der Waals surface area contributed by atoms with Crippen LogP contribution in [-0.2, 0) is 14.9 Å². The van der Waals surface area contributed by atoms with Crippen LogP contribution in [-0.4, -0.2) is 19.7 Å². The second kappa shape index (κ2) is 5.00. The average Bonchev–Trinajstić information content (AvgIpc) is 2.54. The van der Waals surface area contributed by atoms with Gasteiger partial charge in [-0.2, -0.15) is 0 Å². The molecule has 0 radical (unpaired) electrons. The molecule has 1 atom stereocenters. The van der Waals surface area contributed by atoms with E-state index in [2.05, 4.69) is 0 Å². The molecule has 0 spiro atoms. The minimum atomic E-state index is -0.773. The molecule has 3 rings (SSSR count). The highest BCUT2D eigenvalue weighted by molar-refractivity contribution is 5.89. The standard InChI is InChI=1S/C17H16O3/c1-19-16(18)17(13-7-3-2-4-8-13)11-12-20-15-10-6-5-9-14(15)17/h2-10H,11-12H2,1H3. The normalized spacial score (nSPS) is 20.6. The Morgan fingerprint density at radius 2 is 1.80 bits per heavy atom. The Morgan fingerprint density at radius 1 is 1.10 bits per heavy atom. The van der Waals surface area contributed by atoms with Crippen LogP contribution in [0.5, 0.6) is 5.75 Å². The lowest BCUT2D eigenvalue weighted by Gasteiger charge is -2.36. The topological polar surface area (TPSA) is 35.5 Å². The van der Waals surface area contributed by atoms with Gasteiger partial charge in [-0.3, -0.25) is 4.79 Å². The number of carbonyl (C=O) groups excluding carboxylic acids is 1. The van der Waals surface area contributed by atoms with E-state index < -0.39 is 5.41 Å². The van der Waals surface area contributed by atoms with E-state index in [9.17, 15) is 4.79 Å². The van der Waals surface area contributed by atoms with Crippen LogP contribution in [0.4, 0.5) is 0 Å². The number of benzene rings is 2. The van der Waals surface area contributed by atoms with Crippen LogP contribution in [0.15, 0.2) is 54.6 Å². The van der Waals surface area contributed by atoms with Crippen LogP contribution < -0.4 is 4.74 Å². The van der Waals surface area contributed by atoms with E-state index >= 15 is 0 Å². The van der Waals surface area contributed by atoms with Gasteiger partial charge in [0, 0.05) is 12.0 Å². The third kappa shape index (κ3) is 1.78. The minimum absolute atomic E-state index is 0.237. The third-order valence-electron chi connectivity index (χ3n) is 3.88. The smallest absolute Gasteiger partial charge is 0.321 e. The summed E-state index contributed by atoms with van der Waals surface area (Å²) in [6.07, 6.45) is 0.584. The summed E-state index contributed by atoms with van der Waals surface area (Å²) >= 11 is 0. The summed E-state index contributed by atoms with van der Waals surface area (Å²) in [4.78, 5) is 12.6. The SMILES string of the molecule is COC(=O)C1(c2ccccc2)CCOc2ccccc21. The zero-order valence-corrected chi connectivity index (χ0v) is 11.3. The summed E-state index contributed by atoms with van der Waals surface area (Å²) < 4.78 is 10.8. The highest BCUT2D eigenvalue weighted by Crippen LogP contribution is 2.44. The van der Waals surface area contributed by atoms with E-state index in [4.69, 9.17) is 9.47 Å². The monoisotopic (exact) mass is 268 g/mol. The number of esters is 1. The molecule has 0 aromatic heterocycles. The average molecular weight is 268 g/mol. The Bertz CT molecular complexity index is 621. The van der Waals surface area contributed by atoms with Crippen molar-refractivity contribution in [1.82, 2.24) is 0 Å². The van der Waals surface area contributed by atoms with Gasteiger partial charge in [0.1, 0.15) is 11.2 Å². The molecule has 0 saturated heterocycles. The van der Waals surface area contributed by atoms with E-state index in [1.54, 1.807) is 0 Å². The highest BCUT2D eigenvalue weighted by atomic mass is 16.5. The van der Waals surface area contributed by atoms with Crippen LogP contribution in [0.2, 0.25) is 0 Å². The molecule has 1 aliphatic rings. The van der Waals surface area contributed by atoms with Crippen molar-refractivity contribution >= 4 is 5.97 Å². The number of methoxy groups -OCH3 is 1. The molecule has 0 bridgehead atoms. The summed E-state index contributed by atoms with van der Waals surface area (Å²) in [5.41, 5.74) is 1.05. The van der Waals surface area contributed by atoms with E-state index in [0.717, 1.165) is 16.9 Å². The first kappa shape index (κ1) is 12.7. The van der Waals surface area contributed by atoms with Gasteiger partial charge >= 0.3 is 5.97 Å². The molecule has 0 fully saturated rings. The molecule has 1 aliphatic heterocycles. The van der Waals surface area contributed by atoms with Gasteiger partial charge in [0.15, 0.2) is 0 Å². The summed E-state index contributed by atoms with van der Waals surface area (Å²) in [5, 5.41) is 0. The van der Waals surface area contributed by atoms with Crippen LogP contribution in [0.1, 0.15) is 17.5 Å². The van der Waals surface area contributed by atoms with Crippen LogP contribution in [0.25, 0.3) is 0 Å². The zero-order valence-electron chi connectivity index (χ0n) is 11.3. The van der Waals surface area contributed by atoms with E-state index in [0.29, 0.717) is 13.0 Å². The molecule has 1 unspecified atom stereocenters. The number of rotatable bonds is 2. The Kier molecular flexibility index (Phi) is 3.18. The molecule has 3 heteroatoms. The van der Waals surface area contributed by atoms with Crippen molar-refractivity contribution in [1.29, 1.82) is 0 Å². The molecule has 0 saturated carbocycles. The molecular weight excluding hydrogens is 252 g/mol. The molecule has 0 aliphatic carbocycles. The largest absolute Gasteiger partial charge is 0.493 e. The number of ether oxygens (including phenoxy) is 2. The first-order chi connectivity index (χ1) is 9.79. The minimum Gasteiger partial charge on any atom is -0.493 e. The summed E-state index contributed by atoms with van der Waals surface area (Å²) in [6, 6.07) is 17.5. The van der Waals surface area contributed by atoms with Crippen molar-refractivity contribution in [2.45, 2.75) is 11.8 Å². The fourth-order valence-electron chi connectivity index (χ4n) is 2.92. The fourth-order valence-corrected chi connectivity index (χ4v) is 2.92. The molecule has 1 heterocycles. The van der Waals surface area contributed by atoms with Crippen molar-refractivity contribution in [3.8, 4) is 5.75 Å². The van der Waals surface area contributed by atoms with Gasteiger partial charge in [0.2, 0.25) is 0 Å². The van der Waals surface area contributed by atoms with E-state index in [1.807, 2.05) is 54.6 Å². The lowest BCUT2D eigenvalue weighted by molar-refractivity contribution is -0.147. The van der Waals surface area contributed by atoms with Crippen LogP contribution in [0, 0.1) is 0 Å². The Labute approximate surface area is 118 Å². The van der Waals surface area contributed by atoms with Gasteiger partial charge in [-0.05, 0) is 11.6 Å². The maximum atomic E-state index is 12.6. The van der Waals surface area contributed by atoms with Crippen molar-refractivity contribution in [2.24, 2.45) is 0 Å². The molecule has 0 amide bonds. The van der Waals surface area contributed by atoms with Crippen molar-refractivity contribution < 1.29 is 14.3 Å². The van der Waals surface area contributed by atoms with Crippen molar-refractivity contribution in [2.75, 3.05) is 13.7 Å². The molecule has 20 heavy (non-hydrogen) atoms. The number of para-hydroxylation sites is 1. The van der Waals surface area contributed by atoms with Gasteiger partial charge in [-0.25, -0.2) is 0 Å². The van der Waals surface area contributed by atoms with Gasteiger partial charge in [-0.15, -0.1) is 0 Å². The van der Waals surface area contributed by atoms with Crippen molar-refractivity contribution in [3.63, 3.8) is 0 Å². The first-order valence-electron chi connectivity index (χ1n) is 6.65. The molecular formula is C17H16O3. The lowest BCUT2D eigenvalue weighted by Crippen LogP contribution is -2.42. The van der Waals surface area contributed by atoms with Gasteiger partial charge < -0.3 is 9.47 Å². The summed E-state index contributed by atoms with van der Waals surface area (Å²) in [7, 11) is 1.44. The van der Waals surface area contributed by atoms with Crippen LogP contribution >= 0.6 is 0 Å².